The minimum Gasteiger partial charge on any atom is -0.379 e. The Labute approximate surface area is 164 Å². The summed E-state index contributed by atoms with van der Waals surface area (Å²) >= 11 is 0. The van der Waals surface area contributed by atoms with E-state index in [1.165, 1.54) is 18.2 Å². The van der Waals surface area contributed by atoms with Gasteiger partial charge in [-0.15, -0.1) is 10.2 Å². The second kappa shape index (κ2) is 7.16. The number of nitrogens with one attached hydrogen (secondary N) is 1. The summed E-state index contributed by atoms with van der Waals surface area (Å²) in [6.45, 7) is 2.03. The fourth-order valence-electron chi connectivity index (χ4n) is 3.29. The van der Waals surface area contributed by atoms with Crippen LogP contribution in [0.5, 0.6) is 0 Å². The Morgan fingerprint density at radius 2 is 1.69 bits per heavy atom. The van der Waals surface area contributed by atoms with Crippen LogP contribution in [0.3, 0.4) is 0 Å². The molecule has 0 saturated heterocycles. The van der Waals surface area contributed by atoms with E-state index in [0.717, 1.165) is 23.6 Å². The molecule has 0 aliphatic carbocycles. The van der Waals surface area contributed by atoms with E-state index in [0.29, 0.717) is 5.84 Å². The van der Waals surface area contributed by atoms with Crippen LogP contribution in [0.25, 0.3) is 11.4 Å². The highest BCUT2D eigenvalue weighted by atomic mass is 19.4. The van der Waals surface area contributed by atoms with Gasteiger partial charge in [0.15, 0.2) is 17.5 Å². The maximum Gasteiger partial charge on any atom is 0.417 e. The summed E-state index contributed by atoms with van der Waals surface area (Å²) in [5.74, 6) is 0.457. The monoisotopic (exact) mass is 398 g/mol. The third-order valence-corrected chi connectivity index (χ3v) is 4.67. The number of anilines is 2. The summed E-state index contributed by atoms with van der Waals surface area (Å²) in [7, 11) is 0. The van der Waals surface area contributed by atoms with Gasteiger partial charge >= 0.3 is 6.18 Å². The fraction of sp³-hybridized carbons (Fsp3) is 0.200. The van der Waals surface area contributed by atoms with Gasteiger partial charge < -0.3 is 11.1 Å². The predicted octanol–water partition coefficient (Wildman–Crippen LogP) is 4.46. The highest BCUT2D eigenvalue weighted by molar-refractivity contribution is 6.11. The van der Waals surface area contributed by atoms with Crippen LogP contribution in [-0.2, 0) is 6.18 Å². The van der Waals surface area contributed by atoms with Crippen molar-refractivity contribution < 1.29 is 13.2 Å². The number of hydrogen-bond acceptors (Lipinski definition) is 6. The Kier molecular flexibility index (Phi) is 4.65. The molecule has 1 unspecified atom stereocenters. The SMILES string of the molecule is CCC1N=C(Nc2nc(-c3ccccc3C(F)(F)F)nnc2N)c2ccccc21. The van der Waals surface area contributed by atoms with Gasteiger partial charge in [-0.3, -0.25) is 4.99 Å². The van der Waals surface area contributed by atoms with Crippen molar-refractivity contribution in [1.29, 1.82) is 0 Å². The summed E-state index contributed by atoms with van der Waals surface area (Å²) in [4.78, 5) is 8.87. The van der Waals surface area contributed by atoms with Crippen LogP contribution in [0.15, 0.2) is 53.5 Å². The van der Waals surface area contributed by atoms with E-state index in [-0.39, 0.29) is 29.1 Å². The Hall–Kier alpha value is -3.49. The number of nitrogens with two attached hydrogens (primary N) is 1. The average molecular weight is 398 g/mol. The number of aromatic nitrogens is 3. The van der Waals surface area contributed by atoms with Gasteiger partial charge in [0.2, 0.25) is 0 Å². The molecule has 3 aromatic rings. The highest BCUT2D eigenvalue weighted by Crippen LogP contribution is 2.36. The van der Waals surface area contributed by atoms with Gasteiger partial charge in [0.05, 0.1) is 11.6 Å². The van der Waals surface area contributed by atoms with E-state index in [1.807, 2.05) is 31.2 Å². The molecule has 148 valence electrons. The molecule has 9 heteroatoms. The van der Waals surface area contributed by atoms with Gasteiger partial charge in [0.1, 0.15) is 5.84 Å². The second-order valence-electron chi connectivity index (χ2n) is 6.53. The van der Waals surface area contributed by atoms with E-state index in [2.05, 4.69) is 25.5 Å². The molecule has 1 aliphatic heterocycles. The lowest BCUT2D eigenvalue weighted by Gasteiger charge is -2.13. The zero-order valence-electron chi connectivity index (χ0n) is 15.4. The molecule has 6 nitrogen and oxygen atoms in total. The number of alkyl halides is 3. The molecule has 0 saturated carbocycles. The summed E-state index contributed by atoms with van der Waals surface area (Å²) in [6.07, 6.45) is -3.73. The number of hydrogen-bond donors (Lipinski definition) is 2. The number of rotatable bonds is 3. The fourth-order valence-corrected chi connectivity index (χ4v) is 3.29. The molecular formula is C20H17F3N6. The van der Waals surface area contributed by atoms with Crippen LogP contribution < -0.4 is 11.1 Å². The largest absolute Gasteiger partial charge is 0.417 e. The molecule has 0 spiro atoms. The van der Waals surface area contributed by atoms with Crippen molar-refractivity contribution in [2.75, 3.05) is 11.1 Å². The number of fused-ring (bicyclic) bond motifs is 1. The minimum atomic E-state index is -4.54. The number of benzene rings is 2. The lowest BCUT2D eigenvalue weighted by molar-refractivity contribution is -0.137. The molecule has 1 atom stereocenters. The summed E-state index contributed by atoms with van der Waals surface area (Å²) in [5.41, 5.74) is 6.84. The first kappa shape index (κ1) is 18.9. The van der Waals surface area contributed by atoms with E-state index >= 15 is 0 Å². The molecule has 2 heterocycles. The summed E-state index contributed by atoms with van der Waals surface area (Å²) < 4.78 is 40.1. The molecule has 1 aromatic heterocycles. The van der Waals surface area contributed by atoms with Gasteiger partial charge in [0.25, 0.3) is 0 Å². The van der Waals surface area contributed by atoms with E-state index in [4.69, 9.17) is 5.73 Å². The van der Waals surface area contributed by atoms with Crippen molar-refractivity contribution in [2.24, 2.45) is 4.99 Å². The Morgan fingerprint density at radius 3 is 2.41 bits per heavy atom. The van der Waals surface area contributed by atoms with Crippen LogP contribution >= 0.6 is 0 Å². The van der Waals surface area contributed by atoms with Gasteiger partial charge in [-0.25, -0.2) is 4.98 Å². The standard InChI is InChI=1S/C20H17F3N6/c1-2-15-11-7-3-4-8-12(11)17(25-15)26-19-16(24)28-29-18(27-19)13-9-5-6-10-14(13)20(21,22)23/h3-10,15H,2H2,1H3,(H2,24,28)(H,25,26,27,29). The van der Waals surface area contributed by atoms with E-state index in [1.54, 1.807) is 0 Å². The van der Waals surface area contributed by atoms with Crippen LogP contribution in [0, 0.1) is 0 Å². The van der Waals surface area contributed by atoms with Crippen molar-refractivity contribution in [3.05, 3.63) is 65.2 Å². The highest BCUT2D eigenvalue weighted by Gasteiger charge is 2.34. The first-order chi connectivity index (χ1) is 13.9. The topological polar surface area (TPSA) is 89.1 Å². The van der Waals surface area contributed by atoms with Crippen molar-refractivity contribution in [3.63, 3.8) is 0 Å². The predicted molar refractivity (Wildman–Crippen MR) is 104 cm³/mol. The summed E-state index contributed by atoms with van der Waals surface area (Å²) in [5, 5.41) is 10.6. The zero-order chi connectivity index (χ0) is 20.6. The maximum atomic E-state index is 13.4. The van der Waals surface area contributed by atoms with Crippen LogP contribution in [-0.4, -0.2) is 21.0 Å². The second-order valence-corrected chi connectivity index (χ2v) is 6.53. The first-order valence-electron chi connectivity index (χ1n) is 8.99. The maximum absolute atomic E-state index is 13.4. The number of nitrogens with zero attached hydrogens (tertiary/aromatic N) is 4. The quantitative estimate of drug-likeness (QED) is 0.680. The van der Waals surface area contributed by atoms with Crippen molar-refractivity contribution in [2.45, 2.75) is 25.6 Å². The van der Waals surface area contributed by atoms with E-state index in [9.17, 15) is 13.2 Å². The van der Waals surface area contributed by atoms with Gasteiger partial charge in [0, 0.05) is 11.1 Å². The number of halogens is 3. The normalized spacial score (nSPS) is 15.7. The third-order valence-electron chi connectivity index (χ3n) is 4.67. The molecule has 29 heavy (non-hydrogen) atoms. The van der Waals surface area contributed by atoms with Gasteiger partial charge in [-0.1, -0.05) is 49.4 Å². The lowest BCUT2D eigenvalue weighted by atomic mass is 10.0. The minimum absolute atomic E-state index is 0.00449. The summed E-state index contributed by atoms with van der Waals surface area (Å²) in [6, 6.07) is 12.8. The van der Waals surface area contributed by atoms with Gasteiger partial charge in [-0.05, 0) is 18.1 Å². The molecule has 0 radical (unpaired) electrons. The molecular weight excluding hydrogens is 381 g/mol. The molecule has 0 amide bonds. The smallest absolute Gasteiger partial charge is 0.379 e. The van der Waals surface area contributed by atoms with Crippen LogP contribution in [0.2, 0.25) is 0 Å². The van der Waals surface area contributed by atoms with Crippen molar-refractivity contribution in [3.8, 4) is 11.4 Å². The Bertz CT molecular complexity index is 1090. The number of nitrogen functional groups attached to an aromatic ring is 1. The van der Waals surface area contributed by atoms with Crippen molar-refractivity contribution in [1.82, 2.24) is 15.2 Å². The Morgan fingerprint density at radius 1 is 1.00 bits per heavy atom. The zero-order valence-corrected chi connectivity index (χ0v) is 15.4. The molecule has 4 rings (SSSR count). The van der Waals surface area contributed by atoms with Crippen molar-refractivity contribution >= 4 is 17.5 Å². The Balaban J connectivity index is 1.74. The lowest BCUT2D eigenvalue weighted by Crippen LogP contribution is -2.16. The first-order valence-corrected chi connectivity index (χ1v) is 8.99. The molecule has 3 N–H and O–H groups in total. The molecule has 1 aliphatic rings. The average Bonchev–Trinajstić information content (AvgIpc) is 3.07. The van der Waals surface area contributed by atoms with Crippen LogP contribution in [0.4, 0.5) is 24.8 Å². The van der Waals surface area contributed by atoms with E-state index < -0.39 is 11.7 Å². The molecule has 2 aromatic carbocycles. The number of aliphatic imine (C=N–C) groups is 1. The molecule has 0 fully saturated rings. The number of amidine groups is 1. The van der Waals surface area contributed by atoms with Crippen LogP contribution in [0.1, 0.15) is 36.1 Å². The van der Waals surface area contributed by atoms with Gasteiger partial charge in [-0.2, -0.15) is 13.2 Å². The molecule has 0 bridgehead atoms. The third kappa shape index (κ3) is 3.51.